The average molecular weight is 211 g/mol. The first-order valence-corrected chi connectivity index (χ1v) is 4.86. The molecule has 15 heavy (non-hydrogen) atoms. The van der Waals surface area contributed by atoms with Gasteiger partial charge in [-0.25, -0.2) is 4.98 Å². The van der Waals surface area contributed by atoms with Crippen molar-refractivity contribution >= 4 is 0 Å². The van der Waals surface area contributed by atoms with Gasteiger partial charge in [0.25, 0.3) is 0 Å². The Balaban J connectivity index is 2.65. The van der Waals surface area contributed by atoms with Gasteiger partial charge in [0.15, 0.2) is 0 Å². The monoisotopic (exact) mass is 211 g/mol. The molecule has 1 rings (SSSR count). The molecule has 0 spiro atoms. The zero-order valence-corrected chi connectivity index (χ0v) is 8.81. The van der Waals surface area contributed by atoms with E-state index in [0.717, 1.165) is 5.56 Å². The van der Waals surface area contributed by atoms with Crippen LogP contribution < -0.4 is 15.8 Å². The molecule has 0 bridgehead atoms. The third kappa shape index (κ3) is 3.47. The standard InChI is InChI=1S/C10H17N3O2/c1-15-10-3-2-8(7-13-10)9(6-11)12-4-5-14/h2-3,7,9,12,14H,4-6,11H2,1H3. The van der Waals surface area contributed by atoms with Crippen molar-refractivity contribution in [3.05, 3.63) is 23.9 Å². The van der Waals surface area contributed by atoms with E-state index in [2.05, 4.69) is 10.3 Å². The summed E-state index contributed by atoms with van der Waals surface area (Å²) in [5, 5.41) is 11.8. The Morgan fingerprint density at radius 1 is 1.60 bits per heavy atom. The first-order chi connectivity index (χ1) is 7.31. The molecule has 1 heterocycles. The minimum atomic E-state index is 0.0237. The van der Waals surface area contributed by atoms with Crippen molar-refractivity contribution in [2.24, 2.45) is 5.73 Å². The fourth-order valence-corrected chi connectivity index (χ4v) is 1.29. The lowest BCUT2D eigenvalue weighted by Gasteiger charge is -2.16. The third-order valence-electron chi connectivity index (χ3n) is 2.11. The van der Waals surface area contributed by atoms with E-state index >= 15 is 0 Å². The van der Waals surface area contributed by atoms with E-state index in [1.54, 1.807) is 19.4 Å². The SMILES string of the molecule is COc1ccc(C(CN)NCCO)cn1. The molecule has 0 aliphatic heterocycles. The number of methoxy groups -OCH3 is 1. The highest BCUT2D eigenvalue weighted by molar-refractivity contribution is 5.21. The van der Waals surface area contributed by atoms with Gasteiger partial charge in [0, 0.05) is 31.4 Å². The molecule has 0 aliphatic rings. The Bertz CT molecular complexity index is 277. The molecule has 0 aliphatic carbocycles. The van der Waals surface area contributed by atoms with Crippen molar-refractivity contribution in [2.45, 2.75) is 6.04 Å². The molecular weight excluding hydrogens is 194 g/mol. The van der Waals surface area contributed by atoms with Gasteiger partial charge in [0.2, 0.25) is 5.88 Å². The van der Waals surface area contributed by atoms with Crippen molar-refractivity contribution in [1.82, 2.24) is 10.3 Å². The van der Waals surface area contributed by atoms with E-state index in [9.17, 15) is 0 Å². The summed E-state index contributed by atoms with van der Waals surface area (Å²) in [4.78, 5) is 4.09. The van der Waals surface area contributed by atoms with Crippen molar-refractivity contribution in [3.8, 4) is 5.88 Å². The van der Waals surface area contributed by atoms with E-state index in [1.165, 1.54) is 0 Å². The van der Waals surface area contributed by atoms with Gasteiger partial charge < -0.3 is 20.9 Å². The molecule has 0 aromatic carbocycles. The van der Waals surface area contributed by atoms with Crippen LogP contribution >= 0.6 is 0 Å². The van der Waals surface area contributed by atoms with E-state index in [0.29, 0.717) is 19.0 Å². The number of nitrogens with zero attached hydrogens (tertiary/aromatic N) is 1. The van der Waals surface area contributed by atoms with Gasteiger partial charge in [0.1, 0.15) is 0 Å². The molecule has 0 saturated carbocycles. The maximum Gasteiger partial charge on any atom is 0.212 e. The van der Waals surface area contributed by atoms with Crippen LogP contribution in [-0.2, 0) is 0 Å². The van der Waals surface area contributed by atoms with Gasteiger partial charge in [-0.15, -0.1) is 0 Å². The Morgan fingerprint density at radius 2 is 2.40 bits per heavy atom. The molecule has 1 atom stereocenters. The van der Waals surface area contributed by atoms with Crippen molar-refractivity contribution in [2.75, 3.05) is 26.8 Å². The molecule has 0 radical (unpaired) electrons. The third-order valence-corrected chi connectivity index (χ3v) is 2.11. The lowest BCUT2D eigenvalue weighted by atomic mass is 10.1. The molecule has 1 unspecified atom stereocenters. The topological polar surface area (TPSA) is 80.4 Å². The molecule has 1 aromatic rings. The normalized spacial score (nSPS) is 12.5. The van der Waals surface area contributed by atoms with Gasteiger partial charge in [-0.1, -0.05) is 6.07 Å². The molecule has 1 aromatic heterocycles. The summed E-state index contributed by atoms with van der Waals surface area (Å²) in [6, 6.07) is 3.72. The number of aliphatic hydroxyl groups excluding tert-OH is 1. The predicted octanol–water partition coefficient (Wildman–Crippen LogP) is -0.328. The summed E-state index contributed by atoms with van der Waals surface area (Å²) in [6.45, 7) is 1.09. The Kier molecular flexibility index (Phi) is 5.03. The number of aromatic nitrogens is 1. The highest BCUT2D eigenvalue weighted by atomic mass is 16.5. The van der Waals surface area contributed by atoms with Crippen LogP contribution in [-0.4, -0.2) is 36.9 Å². The van der Waals surface area contributed by atoms with Gasteiger partial charge >= 0.3 is 0 Å². The average Bonchev–Trinajstić information content (AvgIpc) is 2.31. The minimum absolute atomic E-state index is 0.0237. The number of hydrogen-bond acceptors (Lipinski definition) is 5. The fourth-order valence-electron chi connectivity index (χ4n) is 1.29. The van der Waals surface area contributed by atoms with Crippen LogP contribution in [0.25, 0.3) is 0 Å². The highest BCUT2D eigenvalue weighted by Gasteiger charge is 2.08. The molecule has 0 amide bonds. The number of hydrogen-bond donors (Lipinski definition) is 3. The van der Waals surface area contributed by atoms with Crippen LogP contribution in [0.3, 0.4) is 0 Å². The van der Waals surface area contributed by atoms with E-state index in [4.69, 9.17) is 15.6 Å². The summed E-state index contributed by atoms with van der Waals surface area (Å²) in [6.07, 6.45) is 1.72. The molecule has 5 nitrogen and oxygen atoms in total. The number of pyridine rings is 1. The summed E-state index contributed by atoms with van der Waals surface area (Å²) in [7, 11) is 1.58. The number of aliphatic hydroxyl groups is 1. The minimum Gasteiger partial charge on any atom is -0.481 e. The van der Waals surface area contributed by atoms with Gasteiger partial charge in [-0.05, 0) is 5.56 Å². The first-order valence-electron chi connectivity index (χ1n) is 4.86. The zero-order valence-electron chi connectivity index (χ0n) is 8.81. The Labute approximate surface area is 89.3 Å². The predicted molar refractivity (Wildman–Crippen MR) is 57.7 cm³/mol. The van der Waals surface area contributed by atoms with E-state index in [-0.39, 0.29) is 12.6 Å². The van der Waals surface area contributed by atoms with Crippen molar-refractivity contribution < 1.29 is 9.84 Å². The summed E-state index contributed by atoms with van der Waals surface area (Å²) >= 11 is 0. The number of nitrogens with two attached hydrogens (primary N) is 1. The van der Waals surface area contributed by atoms with Crippen LogP contribution in [0.1, 0.15) is 11.6 Å². The van der Waals surface area contributed by atoms with E-state index < -0.39 is 0 Å². The second-order valence-corrected chi connectivity index (χ2v) is 3.10. The van der Waals surface area contributed by atoms with Crippen LogP contribution in [0.15, 0.2) is 18.3 Å². The molecule has 0 saturated heterocycles. The molecular formula is C10H17N3O2. The van der Waals surface area contributed by atoms with Crippen LogP contribution in [0.4, 0.5) is 0 Å². The quantitative estimate of drug-likeness (QED) is 0.600. The van der Waals surface area contributed by atoms with Gasteiger partial charge in [-0.3, -0.25) is 0 Å². The van der Waals surface area contributed by atoms with Crippen molar-refractivity contribution in [1.29, 1.82) is 0 Å². The molecule has 0 fully saturated rings. The molecule has 84 valence electrons. The summed E-state index contributed by atoms with van der Waals surface area (Å²) in [5.41, 5.74) is 6.61. The maximum atomic E-state index is 8.70. The highest BCUT2D eigenvalue weighted by Crippen LogP contribution is 2.13. The Morgan fingerprint density at radius 3 is 2.87 bits per heavy atom. The van der Waals surface area contributed by atoms with Crippen LogP contribution in [0.2, 0.25) is 0 Å². The Hall–Kier alpha value is -1.17. The van der Waals surface area contributed by atoms with Crippen LogP contribution in [0.5, 0.6) is 5.88 Å². The lowest BCUT2D eigenvalue weighted by Crippen LogP contribution is -2.30. The number of ether oxygens (including phenoxy) is 1. The van der Waals surface area contributed by atoms with E-state index in [1.807, 2.05) is 6.07 Å². The first kappa shape index (κ1) is 11.9. The van der Waals surface area contributed by atoms with Crippen LogP contribution in [0, 0.1) is 0 Å². The van der Waals surface area contributed by atoms with Gasteiger partial charge in [-0.2, -0.15) is 0 Å². The summed E-state index contributed by atoms with van der Waals surface area (Å²) < 4.78 is 4.96. The maximum absolute atomic E-state index is 8.70. The largest absolute Gasteiger partial charge is 0.481 e. The number of nitrogens with one attached hydrogen (secondary N) is 1. The molecule has 4 N–H and O–H groups in total. The second-order valence-electron chi connectivity index (χ2n) is 3.10. The van der Waals surface area contributed by atoms with Gasteiger partial charge in [0.05, 0.1) is 13.7 Å². The fraction of sp³-hybridized carbons (Fsp3) is 0.500. The zero-order chi connectivity index (χ0) is 11.1. The smallest absolute Gasteiger partial charge is 0.212 e. The lowest BCUT2D eigenvalue weighted by molar-refractivity contribution is 0.285. The number of rotatable bonds is 6. The molecule has 5 heteroatoms. The summed E-state index contributed by atoms with van der Waals surface area (Å²) in [5.74, 6) is 0.580. The van der Waals surface area contributed by atoms with Crippen molar-refractivity contribution in [3.63, 3.8) is 0 Å². The second kappa shape index (κ2) is 6.34.